The van der Waals surface area contributed by atoms with Gasteiger partial charge in [0.15, 0.2) is 5.54 Å². The summed E-state index contributed by atoms with van der Waals surface area (Å²) in [6.07, 6.45) is 1.54. The number of methoxy groups -OCH3 is 1. The van der Waals surface area contributed by atoms with Gasteiger partial charge >= 0.3 is 0 Å². The van der Waals surface area contributed by atoms with E-state index >= 15 is 0 Å². The van der Waals surface area contributed by atoms with Crippen LogP contribution in [0.25, 0.3) is 0 Å². The monoisotopic (exact) mass is 537 g/mol. The molecule has 4 heterocycles. The molecule has 0 radical (unpaired) electrons. The number of hydrogen-bond donors (Lipinski definition) is 0. The molecule has 10 heteroatoms. The van der Waals surface area contributed by atoms with Crippen LogP contribution in [0.4, 0.5) is 10.1 Å². The van der Waals surface area contributed by atoms with E-state index < -0.39 is 22.0 Å². The zero-order valence-electron chi connectivity index (χ0n) is 20.4. The highest BCUT2D eigenvalue weighted by atomic mass is 32.2. The average molecular weight is 538 g/mol. The summed E-state index contributed by atoms with van der Waals surface area (Å²) in [4.78, 5) is 34.0. The molecule has 1 aromatic heterocycles. The lowest BCUT2D eigenvalue weighted by molar-refractivity contribution is -0.139. The number of thiocarbonyl (C=S) groups is 1. The second kappa shape index (κ2) is 8.41. The number of hydrogen-bond acceptors (Lipinski definition) is 7. The van der Waals surface area contributed by atoms with Gasteiger partial charge in [-0.2, -0.15) is 0 Å². The number of furan rings is 1. The highest BCUT2D eigenvalue weighted by molar-refractivity contribution is 8.25. The predicted molar refractivity (Wildman–Crippen MR) is 142 cm³/mol. The summed E-state index contributed by atoms with van der Waals surface area (Å²) in [6, 6.07) is 15.4. The van der Waals surface area contributed by atoms with Crippen molar-refractivity contribution in [3.8, 4) is 5.75 Å². The number of carbonyl (C=O) groups excluding carboxylic acids is 2. The standard InChI is InChI=1S/C27H24FN3O4S2/c1-29-15-21(16-6-4-7-18(12-16)34-3)27(24(33)31(25(36)37-27)14-19-8-5-11-35-19)26(29)20-13-17(28)9-10-22(20)30(2)23(26)32/h4-13,21H,14-15H2,1-3H3/t21-,26-,27-/m0/s1. The summed E-state index contributed by atoms with van der Waals surface area (Å²) >= 11 is 7.00. The van der Waals surface area contributed by atoms with Crippen molar-refractivity contribution in [2.45, 2.75) is 22.7 Å². The molecule has 0 unspecified atom stereocenters. The Kier molecular flexibility index (Phi) is 5.48. The number of carbonyl (C=O) groups is 2. The molecule has 190 valence electrons. The van der Waals surface area contributed by atoms with E-state index in [0.29, 0.717) is 33.6 Å². The van der Waals surface area contributed by atoms with Crippen molar-refractivity contribution in [3.05, 3.63) is 83.6 Å². The molecule has 3 aromatic rings. The first-order valence-corrected chi connectivity index (χ1v) is 13.0. The Morgan fingerprint density at radius 2 is 1.95 bits per heavy atom. The predicted octanol–water partition coefficient (Wildman–Crippen LogP) is 4.13. The first kappa shape index (κ1) is 24.1. The Balaban J connectivity index is 1.62. The summed E-state index contributed by atoms with van der Waals surface area (Å²) in [6.45, 7) is 0.517. The topological polar surface area (TPSA) is 66.2 Å². The quantitative estimate of drug-likeness (QED) is 0.464. The number of likely N-dealkylation sites (tertiary alicyclic amines) is 1. The van der Waals surface area contributed by atoms with Crippen LogP contribution in [0.5, 0.6) is 5.75 Å². The summed E-state index contributed by atoms with van der Waals surface area (Å²) in [5.41, 5.74) is 0.410. The number of thioether (sulfide) groups is 1. The van der Waals surface area contributed by atoms with Crippen molar-refractivity contribution in [1.82, 2.24) is 9.80 Å². The van der Waals surface area contributed by atoms with E-state index in [9.17, 15) is 14.0 Å². The van der Waals surface area contributed by atoms with E-state index in [2.05, 4.69) is 0 Å². The molecule has 6 rings (SSSR count). The van der Waals surface area contributed by atoms with Crippen LogP contribution in [0, 0.1) is 5.82 Å². The summed E-state index contributed by atoms with van der Waals surface area (Å²) in [5.74, 6) is -0.285. The molecule has 2 amide bonds. The fourth-order valence-electron chi connectivity index (χ4n) is 6.22. The Hall–Kier alpha value is -3.21. The Bertz CT molecular complexity index is 1450. The fraction of sp³-hybridized carbons (Fsp3) is 0.296. The van der Waals surface area contributed by atoms with Crippen LogP contribution < -0.4 is 9.64 Å². The van der Waals surface area contributed by atoms with Crippen LogP contribution in [-0.2, 0) is 21.7 Å². The van der Waals surface area contributed by atoms with Gasteiger partial charge in [-0.05, 0) is 55.1 Å². The number of halogens is 1. The van der Waals surface area contributed by atoms with E-state index in [1.54, 1.807) is 38.6 Å². The minimum atomic E-state index is -1.48. The number of anilines is 1. The maximum Gasteiger partial charge on any atom is 0.254 e. The second-order valence-corrected chi connectivity index (χ2v) is 11.4. The molecule has 2 fully saturated rings. The van der Waals surface area contributed by atoms with Crippen LogP contribution in [0.15, 0.2) is 65.3 Å². The molecule has 3 aliphatic rings. The van der Waals surface area contributed by atoms with Crippen molar-refractivity contribution >= 4 is 45.8 Å². The van der Waals surface area contributed by atoms with Gasteiger partial charge in [0.25, 0.3) is 5.91 Å². The van der Waals surface area contributed by atoms with Gasteiger partial charge in [-0.3, -0.25) is 19.4 Å². The van der Waals surface area contributed by atoms with Gasteiger partial charge in [-0.25, -0.2) is 4.39 Å². The molecule has 2 aromatic carbocycles. The molecule has 3 atom stereocenters. The van der Waals surface area contributed by atoms with Gasteiger partial charge < -0.3 is 14.1 Å². The van der Waals surface area contributed by atoms with Crippen LogP contribution in [0.1, 0.15) is 22.8 Å². The highest BCUT2D eigenvalue weighted by Gasteiger charge is 2.78. The van der Waals surface area contributed by atoms with Gasteiger partial charge in [0.05, 0.1) is 19.9 Å². The lowest BCUT2D eigenvalue weighted by Gasteiger charge is -2.42. The van der Waals surface area contributed by atoms with Gasteiger partial charge in [0, 0.05) is 30.8 Å². The van der Waals surface area contributed by atoms with Gasteiger partial charge in [0.1, 0.15) is 26.4 Å². The third-order valence-corrected chi connectivity index (χ3v) is 9.74. The molecule has 0 bridgehead atoms. The molecule has 3 aliphatic heterocycles. The maximum atomic E-state index is 14.8. The van der Waals surface area contributed by atoms with Crippen molar-refractivity contribution in [1.29, 1.82) is 0 Å². The van der Waals surface area contributed by atoms with Crippen LogP contribution in [0.2, 0.25) is 0 Å². The Morgan fingerprint density at radius 1 is 1.14 bits per heavy atom. The summed E-state index contributed by atoms with van der Waals surface area (Å²) < 4.78 is 24.7. The molecular weight excluding hydrogens is 513 g/mol. The smallest absolute Gasteiger partial charge is 0.254 e. The third kappa shape index (κ3) is 3.06. The molecular formula is C27H24FN3O4S2. The van der Waals surface area contributed by atoms with E-state index in [0.717, 1.165) is 5.56 Å². The summed E-state index contributed by atoms with van der Waals surface area (Å²) in [5, 5.41) is 0. The van der Waals surface area contributed by atoms with Gasteiger partial charge in [-0.1, -0.05) is 36.1 Å². The van der Waals surface area contributed by atoms with Crippen molar-refractivity contribution in [3.63, 3.8) is 0 Å². The van der Waals surface area contributed by atoms with Crippen LogP contribution in [-0.4, -0.2) is 58.4 Å². The highest BCUT2D eigenvalue weighted by Crippen LogP contribution is 2.66. The fourth-order valence-corrected chi connectivity index (χ4v) is 8.35. The number of likely N-dealkylation sites (N-methyl/N-ethyl adjacent to an activating group) is 2. The lowest BCUT2D eigenvalue weighted by Crippen LogP contribution is -2.62. The van der Waals surface area contributed by atoms with Crippen LogP contribution >= 0.6 is 24.0 Å². The first-order valence-electron chi connectivity index (χ1n) is 11.8. The van der Waals surface area contributed by atoms with E-state index in [4.69, 9.17) is 21.4 Å². The number of fused-ring (bicyclic) bond motifs is 3. The third-order valence-electron chi connectivity index (χ3n) is 7.80. The normalized spacial score (nSPS) is 27.2. The molecule has 2 saturated heterocycles. The van der Waals surface area contributed by atoms with Gasteiger partial charge in [0.2, 0.25) is 5.91 Å². The van der Waals surface area contributed by atoms with E-state index in [1.807, 2.05) is 36.2 Å². The molecule has 37 heavy (non-hydrogen) atoms. The number of amides is 2. The zero-order chi connectivity index (χ0) is 26.1. The minimum Gasteiger partial charge on any atom is -0.497 e. The second-order valence-electron chi connectivity index (χ2n) is 9.52. The molecule has 0 aliphatic carbocycles. The van der Waals surface area contributed by atoms with Gasteiger partial charge in [-0.15, -0.1) is 0 Å². The van der Waals surface area contributed by atoms with Crippen LogP contribution in [0.3, 0.4) is 0 Å². The largest absolute Gasteiger partial charge is 0.497 e. The SMILES string of the molecule is COc1cccc([C@@H]2CN(C)[C@@]3(C(=O)N(C)c4ccc(F)cc43)[C@]23SC(=S)N(Cc2ccco2)C3=O)c1. The van der Waals surface area contributed by atoms with Crippen molar-refractivity contribution in [2.75, 3.05) is 32.6 Å². The number of benzene rings is 2. The minimum absolute atomic E-state index is 0.143. The van der Waals surface area contributed by atoms with E-state index in [-0.39, 0.29) is 18.4 Å². The summed E-state index contributed by atoms with van der Waals surface area (Å²) in [7, 11) is 5.07. The average Bonchev–Trinajstić information content (AvgIpc) is 3.61. The van der Waals surface area contributed by atoms with E-state index in [1.165, 1.54) is 33.7 Å². The molecule has 0 saturated carbocycles. The molecule has 7 nitrogen and oxygen atoms in total. The Labute approximate surface area is 223 Å². The van der Waals surface area contributed by atoms with Crippen molar-refractivity contribution in [2.24, 2.45) is 0 Å². The molecule has 0 N–H and O–H groups in total. The first-order chi connectivity index (χ1) is 17.8. The number of ether oxygens (including phenoxy) is 1. The zero-order valence-corrected chi connectivity index (χ0v) is 22.1. The maximum absolute atomic E-state index is 14.8. The number of nitrogens with zero attached hydrogens (tertiary/aromatic N) is 3. The Morgan fingerprint density at radius 3 is 2.68 bits per heavy atom. The molecule has 2 spiro atoms. The number of rotatable bonds is 4. The van der Waals surface area contributed by atoms with Crippen molar-refractivity contribution < 1.29 is 23.1 Å². The lowest BCUT2D eigenvalue weighted by atomic mass is 9.72.